The van der Waals surface area contributed by atoms with E-state index in [1.165, 1.54) is 16.5 Å². The van der Waals surface area contributed by atoms with Crippen LogP contribution in [0.4, 0.5) is 0 Å². The fourth-order valence-corrected chi connectivity index (χ4v) is 6.59. The number of rotatable bonds is 4. The van der Waals surface area contributed by atoms with Gasteiger partial charge in [-0.25, -0.2) is 4.57 Å². The molecule has 0 N–H and O–H groups in total. The van der Waals surface area contributed by atoms with E-state index in [4.69, 9.17) is 9.15 Å². The van der Waals surface area contributed by atoms with Crippen LogP contribution in [0.15, 0.2) is 126 Å². The quantitative estimate of drug-likeness (QED) is 0.201. The van der Waals surface area contributed by atoms with E-state index in [2.05, 4.69) is 151 Å². The summed E-state index contributed by atoms with van der Waals surface area (Å²) in [5, 5.41) is 6.85. The topological polar surface area (TPSA) is 34.0 Å². The van der Waals surface area contributed by atoms with E-state index >= 15 is 0 Å². The molecule has 0 aliphatic rings. The Morgan fingerprint density at radius 2 is 1.23 bits per heavy atom. The molecule has 4 aromatic carbocycles. The van der Waals surface area contributed by atoms with Crippen LogP contribution in [0, 0.1) is 6.92 Å². The number of nitrogens with zero attached hydrogens (tertiary/aromatic N) is 3. The maximum atomic E-state index is 6.85. The molecule has 0 amide bonds. The minimum Gasteiger partial charge on any atom is -0.449 e. The number of benzene rings is 4. The van der Waals surface area contributed by atoms with Crippen LogP contribution >= 0.6 is 0 Å². The molecule has 0 spiro atoms. The summed E-state index contributed by atoms with van der Waals surface area (Å²) in [4.78, 5) is 0. The molecule has 0 saturated carbocycles. The van der Waals surface area contributed by atoms with Crippen molar-refractivity contribution in [3.63, 3.8) is 0 Å². The monoisotopic (exact) mass is 574 g/mol. The molecule has 8 aromatic rings. The second kappa shape index (κ2) is 10.0. The molecule has 0 aliphatic heterocycles. The van der Waals surface area contributed by atoms with Gasteiger partial charge in [-0.3, -0.25) is 0 Å². The van der Waals surface area contributed by atoms with Gasteiger partial charge in [0.1, 0.15) is 32.5 Å². The van der Waals surface area contributed by atoms with Gasteiger partial charge in [0.2, 0.25) is 11.3 Å². The number of furan rings is 1. The largest absolute Gasteiger partial charge is 0.449 e. The summed E-state index contributed by atoms with van der Waals surface area (Å²) in [6, 6.07) is 38.0. The number of fused-ring (bicyclic) bond motifs is 5. The van der Waals surface area contributed by atoms with Gasteiger partial charge in [-0.05, 0) is 48.0 Å². The maximum Gasteiger partial charge on any atom is 0.374 e. The van der Waals surface area contributed by atoms with Crippen molar-refractivity contribution in [3.05, 3.63) is 127 Å². The Kier molecular flexibility index (Phi) is 5.95. The van der Waals surface area contributed by atoms with Crippen LogP contribution in [-0.2, 0) is 21.1 Å². The molecule has 4 aromatic heterocycles. The summed E-state index contributed by atoms with van der Waals surface area (Å²) in [6.07, 6.45) is 4.23. The third kappa shape index (κ3) is 3.97. The van der Waals surface area contributed by atoms with E-state index in [9.17, 15) is 0 Å². The van der Waals surface area contributed by atoms with E-state index in [1.54, 1.807) is 0 Å². The van der Waals surface area contributed by atoms with E-state index < -0.39 is 0 Å². The summed E-state index contributed by atoms with van der Waals surface area (Å²) in [5.41, 5.74) is 7.15. The normalized spacial score (nSPS) is 11.6. The first kappa shape index (κ1) is 26.1. The molecule has 0 unspecified atom stereocenters. The Bertz CT molecular complexity index is 2420. The fourth-order valence-electron chi connectivity index (χ4n) is 6.59. The zero-order valence-corrected chi connectivity index (χ0v) is 25.2. The molecule has 4 heterocycles. The van der Waals surface area contributed by atoms with E-state index in [-0.39, 0.29) is 0 Å². The smallest absolute Gasteiger partial charge is 0.374 e. The minimum absolute atomic E-state index is 0.745. The highest BCUT2D eigenvalue weighted by Crippen LogP contribution is 2.38. The lowest BCUT2D eigenvalue weighted by Crippen LogP contribution is -2.39. The average Bonchev–Trinajstić information content (AvgIpc) is 3.42. The molecule has 5 nitrogen and oxygen atoms in total. The number of para-hydroxylation sites is 1. The van der Waals surface area contributed by atoms with Gasteiger partial charge in [-0.2, -0.15) is 9.13 Å². The van der Waals surface area contributed by atoms with Crippen LogP contribution in [0.2, 0.25) is 0 Å². The molecule has 8 rings (SSSR count). The van der Waals surface area contributed by atoms with Gasteiger partial charge in [0.05, 0.1) is 22.4 Å². The second-order valence-corrected chi connectivity index (χ2v) is 11.5. The molecule has 0 radical (unpaired) electrons. The number of ether oxygens (including phenoxy) is 1. The summed E-state index contributed by atoms with van der Waals surface area (Å²) in [6.45, 7) is 2.14. The number of pyridine rings is 3. The van der Waals surface area contributed by atoms with E-state index in [0.29, 0.717) is 0 Å². The molecule has 0 saturated heterocycles. The van der Waals surface area contributed by atoms with Crippen LogP contribution in [0.3, 0.4) is 0 Å². The lowest BCUT2D eigenvalue weighted by atomic mass is 9.99. The maximum absolute atomic E-state index is 6.85. The molecule has 212 valence electrons. The van der Waals surface area contributed by atoms with Crippen LogP contribution in [0.1, 0.15) is 5.56 Å². The summed E-state index contributed by atoms with van der Waals surface area (Å²) in [7, 11) is 6.24. The Hall–Kier alpha value is -5.55. The molecule has 0 aliphatic carbocycles. The highest BCUT2D eigenvalue weighted by molar-refractivity contribution is 6.09. The SMILES string of the molecule is Cc1c(Oc2cc3ccccc3c(-c3c4oc5ccccc5c4cc[n+]3C)[n+]2C)cccc1-c1c2ccccc2cc[n+]1C. The molecular formula is C39H32N3O2+3. The Balaban J connectivity index is 1.34. The van der Waals surface area contributed by atoms with Crippen molar-refractivity contribution in [2.45, 2.75) is 6.92 Å². The van der Waals surface area contributed by atoms with Gasteiger partial charge in [0.25, 0.3) is 5.69 Å². The highest BCUT2D eigenvalue weighted by atomic mass is 16.5. The third-order valence-corrected chi connectivity index (χ3v) is 8.85. The van der Waals surface area contributed by atoms with Crippen molar-refractivity contribution in [2.24, 2.45) is 21.1 Å². The van der Waals surface area contributed by atoms with Crippen LogP contribution < -0.4 is 18.4 Å². The molecule has 0 bridgehead atoms. The fraction of sp³-hybridized carbons (Fsp3) is 0.103. The van der Waals surface area contributed by atoms with Gasteiger partial charge < -0.3 is 9.15 Å². The van der Waals surface area contributed by atoms with Crippen LogP contribution in [-0.4, -0.2) is 0 Å². The van der Waals surface area contributed by atoms with Crippen molar-refractivity contribution in [1.82, 2.24) is 0 Å². The number of aromatic nitrogens is 3. The lowest BCUT2D eigenvalue weighted by Gasteiger charge is -2.13. The van der Waals surface area contributed by atoms with Crippen LogP contribution in [0.25, 0.3) is 66.1 Å². The molecule has 44 heavy (non-hydrogen) atoms. The molecule has 5 heteroatoms. The summed E-state index contributed by atoms with van der Waals surface area (Å²) < 4.78 is 19.9. The lowest BCUT2D eigenvalue weighted by molar-refractivity contribution is -0.690. The summed E-state index contributed by atoms with van der Waals surface area (Å²) >= 11 is 0. The first-order valence-electron chi connectivity index (χ1n) is 14.9. The van der Waals surface area contributed by atoms with Gasteiger partial charge >= 0.3 is 11.6 Å². The van der Waals surface area contributed by atoms with Crippen molar-refractivity contribution in [3.8, 4) is 34.3 Å². The number of hydrogen-bond donors (Lipinski definition) is 0. The van der Waals surface area contributed by atoms with Gasteiger partial charge in [0, 0.05) is 28.5 Å². The first-order chi connectivity index (χ1) is 21.5. The zero-order chi connectivity index (χ0) is 29.9. The van der Waals surface area contributed by atoms with E-state index in [0.717, 1.165) is 66.9 Å². The van der Waals surface area contributed by atoms with Crippen molar-refractivity contribution < 1.29 is 22.9 Å². The van der Waals surface area contributed by atoms with Gasteiger partial charge in [-0.1, -0.05) is 60.7 Å². The predicted molar refractivity (Wildman–Crippen MR) is 174 cm³/mol. The van der Waals surface area contributed by atoms with E-state index in [1.807, 2.05) is 12.1 Å². The van der Waals surface area contributed by atoms with Crippen LogP contribution in [0.5, 0.6) is 11.6 Å². The molecule has 0 atom stereocenters. The standard InChI is InChI=1S/C39H32N3O2/c1-25-28(36-29-14-7-5-12-26(29)20-22-40(36)2)17-11-19-33(25)43-35-24-27-13-6-8-15-30(27)37(42(35)4)38-39-32(21-23-41(38)3)31-16-9-10-18-34(31)44-39/h5-24H,1-4H3/q+3. The van der Waals surface area contributed by atoms with Gasteiger partial charge in [-0.15, -0.1) is 0 Å². The average molecular weight is 575 g/mol. The molecular weight excluding hydrogens is 542 g/mol. The van der Waals surface area contributed by atoms with Crippen molar-refractivity contribution in [2.75, 3.05) is 0 Å². The predicted octanol–water partition coefficient (Wildman–Crippen LogP) is 7.80. The zero-order valence-electron chi connectivity index (χ0n) is 25.2. The number of hydrogen-bond acceptors (Lipinski definition) is 2. The Morgan fingerprint density at radius 3 is 2.05 bits per heavy atom. The molecule has 0 fully saturated rings. The van der Waals surface area contributed by atoms with Crippen molar-refractivity contribution in [1.29, 1.82) is 0 Å². The first-order valence-corrected chi connectivity index (χ1v) is 14.9. The van der Waals surface area contributed by atoms with Gasteiger partial charge in [0.15, 0.2) is 12.4 Å². The highest BCUT2D eigenvalue weighted by Gasteiger charge is 2.32. The minimum atomic E-state index is 0.745. The Morgan fingerprint density at radius 1 is 0.568 bits per heavy atom. The van der Waals surface area contributed by atoms with Crippen molar-refractivity contribution >= 4 is 43.5 Å². The Labute approximate surface area is 255 Å². The second-order valence-electron chi connectivity index (χ2n) is 11.5. The number of aryl methyl sites for hydroxylation is 2. The third-order valence-electron chi connectivity index (χ3n) is 8.85. The summed E-state index contributed by atoms with van der Waals surface area (Å²) in [5.74, 6) is 1.56.